The molecule has 1 aliphatic carbocycles. The molecule has 0 saturated heterocycles. The van der Waals surface area contributed by atoms with Crippen molar-refractivity contribution in [3.63, 3.8) is 0 Å². The highest BCUT2D eigenvalue weighted by Gasteiger charge is 2.45. The Balaban J connectivity index is 0.960. The van der Waals surface area contributed by atoms with E-state index in [2.05, 4.69) is 216 Å². The summed E-state index contributed by atoms with van der Waals surface area (Å²) in [6, 6.07) is 79.2. The SMILES string of the molecule is c1ccc(N(c2ccc(-c3ccc4c5cccc6c5n(c4c3)-c3ccccc3O6)cc2)c2ccc(C3(c4ccccc4)c4ccccc4-c4ccccc43)cc2)cc1. The van der Waals surface area contributed by atoms with Gasteiger partial charge in [0.15, 0.2) is 11.5 Å². The van der Waals surface area contributed by atoms with Gasteiger partial charge in [0.1, 0.15) is 0 Å². The number of nitrogens with zero attached hydrogens (tertiary/aromatic N) is 2. The minimum absolute atomic E-state index is 0.436. The van der Waals surface area contributed by atoms with Crippen molar-refractivity contribution in [1.29, 1.82) is 0 Å². The van der Waals surface area contributed by atoms with Gasteiger partial charge in [-0.3, -0.25) is 0 Å². The number of para-hydroxylation sites is 4. The molecule has 10 aromatic rings. The summed E-state index contributed by atoms with van der Waals surface area (Å²) in [5.41, 5.74) is 16.3. The topological polar surface area (TPSA) is 17.4 Å². The third kappa shape index (κ3) is 4.68. The first-order valence-electron chi connectivity index (χ1n) is 19.9. The molecule has 0 atom stereocenters. The average Bonchev–Trinajstić information content (AvgIpc) is 3.79. The molecule has 58 heavy (non-hydrogen) atoms. The van der Waals surface area contributed by atoms with E-state index in [-0.39, 0.29) is 0 Å². The molecule has 1 aliphatic heterocycles. The Bertz CT molecular complexity index is 3140. The molecule has 12 rings (SSSR count). The highest BCUT2D eigenvalue weighted by molar-refractivity contribution is 6.13. The fourth-order valence-electron chi connectivity index (χ4n) is 9.79. The summed E-state index contributed by atoms with van der Waals surface area (Å²) < 4.78 is 8.73. The lowest BCUT2D eigenvalue weighted by Gasteiger charge is -2.34. The van der Waals surface area contributed by atoms with Gasteiger partial charge in [0.05, 0.1) is 22.1 Å². The molecule has 0 amide bonds. The molecule has 2 aliphatic rings. The first kappa shape index (κ1) is 32.6. The van der Waals surface area contributed by atoms with Crippen LogP contribution in [0.4, 0.5) is 17.1 Å². The second-order valence-corrected chi connectivity index (χ2v) is 15.3. The molecular weight excluding hydrogens is 705 g/mol. The zero-order valence-corrected chi connectivity index (χ0v) is 31.6. The van der Waals surface area contributed by atoms with Crippen LogP contribution in [0.2, 0.25) is 0 Å². The van der Waals surface area contributed by atoms with Crippen LogP contribution >= 0.6 is 0 Å². The van der Waals surface area contributed by atoms with Crippen LogP contribution in [0.15, 0.2) is 218 Å². The van der Waals surface area contributed by atoms with Crippen molar-refractivity contribution in [2.24, 2.45) is 0 Å². The number of ether oxygens (including phenoxy) is 1. The number of fused-ring (bicyclic) bond motifs is 8. The van der Waals surface area contributed by atoms with E-state index in [0.717, 1.165) is 45.3 Å². The van der Waals surface area contributed by atoms with Crippen molar-refractivity contribution in [1.82, 2.24) is 4.57 Å². The predicted octanol–water partition coefficient (Wildman–Crippen LogP) is 14.4. The van der Waals surface area contributed by atoms with Crippen molar-refractivity contribution in [3.8, 4) is 39.4 Å². The van der Waals surface area contributed by atoms with Crippen molar-refractivity contribution in [2.45, 2.75) is 5.41 Å². The van der Waals surface area contributed by atoms with E-state index in [1.807, 2.05) is 12.1 Å². The summed E-state index contributed by atoms with van der Waals surface area (Å²) in [5.74, 6) is 1.76. The van der Waals surface area contributed by atoms with Gasteiger partial charge in [-0.25, -0.2) is 0 Å². The number of benzene rings is 9. The number of anilines is 3. The normalized spacial score (nSPS) is 13.1. The first-order valence-corrected chi connectivity index (χ1v) is 19.9. The summed E-state index contributed by atoms with van der Waals surface area (Å²) in [4.78, 5) is 2.35. The van der Waals surface area contributed by atoms with Crippen LogP contribution in [0.3, 0.4) is 0 Å². The fraction of sp³-hybridized carbons (Fsp3) is 0.0182. The molecule has 0 radical (unpaired) electrons. The standard InChI is InChI=1S/C55H36N2O/c1-3-14-39(15-4-1)55(48-21-9-7-18-44(48)45-19-8-10-22-49(45)55)40-29-33-43(34-30-40)56(41-16-5-2-6-17-41)42-31-26-37(27-32-42)38-28-35-46-47-20-13-25-53-54(47)57(51(46)36-38)50-23-11-12-24-52(50)58-53/h1-36H. The zero-order chi connectivity index (χ0) is 38.2. The molecule has 272 valence electrons. The smallest absolute Gasteiger partial charge is 0.152 e. The van der Waals surface area contributed by atoms with E-state index in [1.54, 1.807) is 0 Å². The summed E-state index contributed by atoms with van der Waals surface area (Å²) >= 11 is 0. The van der Waals surface area contributed by atoms with Crippen LogP contribution in [-0.4, -0.2) is 4.57 Å². The molecule has 2 heterocycles. The van der Waals surface area contributed by atoms with Gasteiger partial charge in [-0.2, -0.15) is 0 Å². The quantitative estimate of drug-likeness (QED) is 0.169. The highest BCUT2D eigenvalue weighted by atomic mass is 16.5. The monoisotopic (exact) mass is 740 g/mol. The number of hydrogen-bond donors (Lipinski definition) is 0. The first-order chi connectivity index (χ1) is 28.8. The summed E-state index contributed by atoms with van der Waals surface area (Å²) in [7, 11) is 0. The van der Waals surface area contributed by atoms with Crippen molar-refractivity contribution >= 4 is 38.9 Å². The molecule has 9 aromatic carbocycles. The van der Waals surface area contributed by atoms with Gasteiger partial charge in [-0.15, -0.1) is 0 Å². The lowest BCUT2D eigenvalue weighted by Crippen LogP contribution is -2.28. The number of rotatable bonds is 6. The predicted molar refractivity (Wildman–Crippen MR) is 238 cm³/mol. The molecule has 0 unspecified atom stereocenters. The van der Waals surface area contributed by atoms with Crippen molar-refractivity contribution < 1.29 is 4.74 Å². The van der Waals surface area contributed by atoms with Gasteiger partial charge in [0.2, 0.25) is 0 Å². The van der Waals surface area contributed by atoms with E-state index < -0.39 is 5.41 Å². The lowest BCUT2D eigenvalue weighted by molar-refractivity contribution is 0.476. The Morgan fingerprint density at radius 2 is 0.948 bits per heavy atom. The third-order valence-electron chi connectivity index (χ3n) is 12.3. The van der Waals surface area contributed by atoms with Gasteiger partial charge < -0.3 is 14.2 Å². The third-order valence-corrected chi connectivity index (χ3v) is 12.3. The van der Waals surface area contributed by atoms with E-state index >= 15 is 0 Å². The van der Waals surface area contributed by atoms with Crippen LogP contribution in [0.5, 0.6) is 11.5 Å². The van der Waals surface area contributed by atoms with Crippen LogP contribution < -0.4 is 9.64 Å². The zero-order valence-electron chi connectivity index (χ0n) is 31.6. The summed E-state index contributed by atoms with van der Waals surface area (Å²) in [6.07, 6.45) is 0. The van der Waals surface area contributed by atoms with Gasteiger partial charge >= 0.3 is 0 Å². The largest absolute Gasteiger partial charge is 0.453 e. The van der Waals surface area contributed by atoms with Crippen LogP contribution in [0.1, 0.15) is 22.3 Å². The molecule has 3 nitrogen and oxygen atoms in total. The van der Waals surface area contributed by atoms with Crippen LogP contribution in [-0.2, 0) is 5.41 Å². The van der Waals surface area contributed by atoms with Crippen LogP contribution in [0.25, 0.3) is 49.7 Å². The van der Waals surface area contributed by atoms with Gasteiger partial charge in [-0.1, -0.05) is 158 Å². The summed E-state index contributed by atoms with van der Waals surface area (Å²) in [5, 5.41) is 2.42. The molecular formula is C55H36N2O. The average molecular weight is 741 g/mol. The Labute approximate surface area is 337 Å². The maximum atomic E-state index is 6.36. The minimum atomic E-state index is -0.436. The molecule has 1 aromatic heterocycles. The second kappa shape index (κ2) is 12.7. The molecule has 0 spiro atoms. The molecule has 0 bridgehead atoms. The fourth-order valence-corrected chi connectivity index (χ4v) is 9.79. The van der Waals surface area contributed by atoms with Gasteiger partial charge in [0, 0.05) is 27.8 Å². The van der Waals surface area contributed by atoms with Gasteiger partial charge in [0.25, 0.3) is 0 Å². The molecule has 0 saturated carbocycles. The molecule has 0 fully saturated rings. The second-order valence-electron chi connectivity index (χ2n) is 15.3. The van der Waals surface area contributed by atoms with E-state index in [0.29, 0.717) is 0 Å². The van der Waals surface area contributed by atoms with Crippen molar-refractivity contribution in [2.75, 3.05) is 4.90 Å². The van der Waals surface area contributed by atoms with E-state index in [4.69, 9.17) is 4.74 Å². The Kier molecular flexibility index (Phi) is 7.14. The molecule has 0 N–H and O–H groups in total. The highest BCUT2D eigenvalue weighted by Crippen LogP contribution is 2.56. The maximum Gasteiger partial charge on any atom is 0.152 e. The van der Waals surface area contributed by atoms with Gasteiger partial charge in [-0.05, 0) is 105 Å². The Morgan fingerprint density at radius 1 is 0.397 bits per heavy atom. The van der Waals surface area contributed by atoms with E-state index in [1.165, 1.54) is 55.2 Å². The lowest BCUT2D eigenvalue weighted by atomic mass is 9.68. The molecule has 3 heteroatoms. The minimum Gasteiger partial charge on any atom is -0.453 e. The Hall–Kier alpha value is -7.62. The van der Waals surface area contributed by atoms with Crippen LogP contribution in [0, 0.1) is 0 Å². The van der Waals surface area contributed by atoms with E-state index in [9.17, 15) is 0 Å². The maximum absolute atomic E-state index is 6.36. The van der Waals surface area contributed by atoms with Crippen molar-refractivity contribution in [3.05, 3.63) is 241 Å². The number of aromatic nitrogens is 1. The number of hydrogen-bond acceptors (Lipinski definition) is 2. The Morgan fingerprint density at radius 3 is 1.67 bits per heavy atom. The summed E-state index contributed by atoms with van der Waals surface area (Å²) in [6.45, 7) is 0.